The molecule has 10 heteroatoms. The van der Waals surface area contributed by atoms with Crippen LogP contribution in [0.5, 0.6) is 0 Å². The van der Waals surface area contributed by atoms with E-state index in [4.69, 9.17) is 4.65 Å². The molecule has 0 spiro atoms. The van der Waals surface area contributed by atoms with Crippen LogP contribution in [0.4, 0.5) is 30.6 Å². The molecule has 2 heterocycles. The first kappa shape index (κ1) is 18.1. The molecule has 6 nitrogen and oxygen atoms in total. The second-order valence-corrected chi connectivity index (χ2v) is 6.78. The second kappa shape index (κ2) is 7.01. The van der Waals surface area contributed by atoms with E-state index in [1.54, 1.807) is 18.2 Å². The number of anilines is 3. The van der Waals surface area contributed by atoms with E-state index in [1.807, 2.05) is 0 Å². The summed E-state index contributed by atoms with van der Waals surface area (Å²) >= 11 is 0. The molecule has 0 unspecified atom stereocenters. The van der Waals surface area contributed by atoms with Crippen LogP contribution in [0.1, 0.15) is 36.8 Å². The number of aromatic nitrogens is 2. The zero-order chi connectivity index (χ0) is 19.0. The van der Waals surface area contributed by atoms with Gasteiger partial charge in [-0.25, -0.2) is 4.98 Å². The van der Waals surface area contributed by atoms with Gasteiger partial charge in [0.05, 0.1) is 6.61 Å². The van der Waals surface area contributed by atoms with Gasteiger partial charge in [0.2, 0.25) is 5.95 Å². The highest BCUT2D eigenvalue weighted by molar-refractivity contribution is 6.61. The molecule has 27 heavy (non-hydrogen) atoms. The van der Waals surface area contributed by atoms with Crippen LogP contribution in [0, 0.1) is 0 Å². The smallest absolute Gasteiger partial charge is 0.423 e. The first-order valence-electron chi connectivity index (χ1n) is 8.80. The Balaban J connectivity index is 1.59. The summed E-state index contributed by atoms with van der Waals surface area (Å²) in [6.45, 7) is 0.272. The summed E-state index contributed by atoms with van der Waals surface area (Å²) in [6.07, 6.45) is -0.0711. The van der Waals surface area contributed by atoms with E-state index in [9.17, 15) is 18.2 Å². The average Bonchev–Trinajstić information content (AvgIpc) is 3.24. The maximum atomic E-state index is 13.3. The Morgan fingerprint density at radius 2 is 2.00 bits per heavy atom. The molecule has 1 aliphatic heterocycles. The molecule has 0 atom stereocenters. The highest BCUT2D eigenvalue weighted by atomic mass is 19.4. The van der Waals surface area contributed by atoms with Gasteiger partial charge in [-0.15, -0.1) is 0 Å². The van der Waals surface area contributed by atoms with Crippen molar-refractivity contribution in [3.8, 4) is 0 Å². The summed E-state index contributed by atoms with van der Waals surface area (Å²) in [5.41, 5.74) is 1.23. The van der Waals surface area contributed by atoms with Gasteiger partial charge in [-0.1, -0.05) is 18.9 Å². The lowest BCUT2D eigenvalue weighted by Crippen LogP contribution is -2.27. The molecule has 0 saturated heterocycles. The van der Waals surface area contributed by atoms with Gasteiger partial charge in [0.1, 0.15) is 11.4 Å². The molecule has 4 rings (SSSR count). The van der Waals surface area contributed by atoms with Crippen LogP contribution < -0.4 is 16.1 Å². The molecule has 1 aromatic carbocycles. The van der Waals surface area contributed by atoms with E-state index in [2.05, 4.69) is 20.6 Å². The Morgan fingerprint density at radius 3 is 2.74 bits per heavy atom. The van der Waals surface area contributed by atoms with Gasteiger partial charge in [0.15, 0.2) is 0 Å². The van der Waals surface area contributed by atoms with Gasteiger partial charge in [-0.3, -0.25) is 0 Å². The molecule has 1 aliphatic carbocycles. The number of fused-ring (bicyclic) bond motifs is 1. The van der Waals surface area contributed by atoms with Gasteiger partial charge < -0.3 is 20.3 Å². The molecule has 0 amide bonds. The molecule has 0 radical (unpaired) electrons. The molecule has 0 bridgehead atoms. The molecule has 2 aromatic rings. The highest BCUT2D eigenvalue weighted by Crippen LogP contribution is 2.35. The van der Waals surface area contributed by atoms with Crippen molar-refractivity contribution >= 4 is 30.0 Å². The number of nitrogens with zero attached hydrogens (tertiary/aromatic N) is 2. The van der Waals surface area contributed by atoms with Crippen molar-refractivity contribution in [2.24, 2.45) is 0 Å². The third-order valence-corrected chi connectivity index (χ3v) is 4.85. The van der Waals surface area contributed by atoms with E-state index >= 15 is 0 Å². The van der Waals surface area contributed by atoms with Crippen LogP contribution in [0.15, 0.2) is 24.4 Å². The predicted octanol–water partition coefficient (Wildman–Crippen LogP) is 2.81. The summed E-state index contributed by atoms with van der Waals surface area (Å²) in [5, 5.41) is 15.5. The van der Waals surface area contributed by atoms with Gasteiger partial charge in [-0.05, 0) is 36.0 Å². The van der Waals surface area contributed by atoms with Crippen molar-refractivity contribution in [3.05, 3.63) is 35.5 Å². The highest BCUT2D eigenvalue weighted by Gasteiger charge is 2.36. The number of halogens is 3. The van der Waals surface area contributed by atoms with Crippen LogP contribution in [0.25, 0.3) is 0 Å². The van der Waals surface area contributed by atoms with E-state index in [0.29, 0.717) is 11.2 Å². The van der Waals surface area contributed by atoms with Crippen LogP contribution in [-0.4, -0.2) is 28.2 Å². The quantitative estimate of drug-likeness (QED) is 0.711. The average molecular weight is 378 g/mol. The van der Waals surface area contributed by atoms with Crippen LogP contribution >= 0.6 is 0 Å². The zero-order valence-electron chi connectivity index (χ0n) is 14.4. The van der Waals surface area contributed by atoms with Crippen molar-refractivity contribution in [1.82, 2.24) is 9.97 Å². The fourth-order valence-electron chi connectivity index (χ4n) is 3.46. The number of alkyl halides is 3. The second-order valence-electron chi connectivity index (χ2n) is 6.78. The van der Waals surface area contributed by atoms with Crippen molar-refractivity contribution in [2.75, 3.05) is 10.6 Å². The molecule has 2 aliphatic rings. The minimum absolute atomic E-state index is 0.00696. The van der Waals surface area contributed by atoms with Crippen molar-refractivity contribution in [3.63, 3.8) is 0 Å². The van der Waals surface area contributed by atoms with Gasteiger partial charge in [0, 0.05) is 17.9 Å². The molecule has 142 valence electrons. The largest absolute Gasteiger partial charge is 0.491 e. The topological polar surface area (TPSA) is 79.3 Å². The fourth-order valence-corrected chi connectivity index (χ4v) is 3.46. The Morgan fingerprint density at radius 1 is 1.22 bits per heavy atom. The van der Waals surface area contributed by atoms with Gasteiger partial charge in [0.25, 0.3) is 0 Å². The predicted molar refractivity (Wildman–Crippen MR) is 95.0 cm³/mol. The third kappa shape index (κ3) is 3.86. The minimum atomic E-state index is -4.53. The number of hydrogen-bond donors (Lipinski definition) is 3. The Bertz CT molecular complexity index is 843. The lowest BCUT2D eigenvalue weighted by molar-refractivity contribution is -0.137. The Labute approximate surface area is 154 Å². The fraction of sp³-hybridized carbons (Fsp3) is 0.412. The van der Waals surface area contributed by atoms with Crippen molar-refractivity contribution < 1.29 is 22.8 Å². The SMILES string of the molecule is OB1OCc2cc(Nc3ncc(C(F)(F)F)c(NC4CCCC4)n3)ccc21. The summed E-state index contributed by atoms with van der Waals surface area (Å²) in [4.78, 5) is 7.89. The minimum Gasteiger partial charge on any atom is -0.423 e. The van der Waals surface area contributed by atoms with Crippen molar-refractivity contribution in [2.45, 2.75) is 44.5 Å². The van der Waals surface area contributed by atoms with E-state index < -0.39 is 18.9 Å². The maximum Gasteiger partial charge on any atom is 0.491 e. The first-order valence-corrected chi connectivity index (χ1v) is 8.80. The first-order chi connectivity index (χ1) is 12.9. The normalized spacial score (nSPS) is 17.3. The molecule has 1 saturated carbocycles. The lowest BCUT2D eigenvalue weighted by atomic mass is 9.79. The molecular weight excluding hydrogens is 360 g/mol. The maximum absolute atomic E-state index is 13.3. The van der Waals surface area contributed by atoms with Gasteiger partial charge >= 0.3 is 13.3 Å². The summed E-state index contributed by atoms with van der Waals surface area (Å²) in [6, 6.07) is 5.16. The van der Waals surface area contributed by atoms with E-state index in [1.165, 1.54) is 0 Å². The molecule has 1 fully saturated rings. The van der Waals surface area contributed by atoms with E-state index in [-0.39, 0.29) is 24.4 Å². The van der Waals surface area contributed by atoms with Gasteiger partial charge in [-0.2, -0.15) is 18.2 Å². The van der Waals surface area contributed by atoms with Crippen molar-refractivity contribution in [1.29, 1.82) is 0 Å². The van der Waals surface area contributed by atoms with Crippen LogP contribution in [0.2, 0.25) is 0 Å². The molecule has 3 N–H and O–H groups in total. The summed E-state index contributed by atoms with van der Waals surface area (Å²) in [5.74, 6) is -0.130. The number of rotatable bonds is 4. The lowest BCUT2D eigenvalue weighted by Gasteiger charge is -2.18. The van der Waals surface area contributed by atoms with Crippen LogP contribution in [0.3, 0.4) is 0 Å². The number of nitrogens with one attached hydrogen (secondary N) is 2. The third-order valence-electron chi connectivity index (χ3n) is 4.85. The van der Waals surface area contributed by atoms with Crippen LogP contribution in [-0.2, 0) is 17.4 Å². The van der Waals surface area contributed by atoms with E-state index in [0.717, 1.165) is 37.4 Å². The summed E-state index contributed by atoms with van der Waals surface area (Å²) in [7, 11) is -0.946. The number of benzene rings is 1. The summed E-state index contributed by atoms with van der Waals surface area (Å²) < 4.78 is 45.0. The zero-order valence-corrected chi connectivity index (χ0v) is 14.4. The standard InChI is InChI=1S/C17H18BF3N4O2/c19-17(20,21)13-8-22-16(25-15(13)23-11-3-1-2-4-11)24-12-5-6-14-10(7-12)9-27-18(14)26/h5-8,11,26H,1-4,9H2,(H2,22,23,24,25). The molecular formula is C17H18BF3N4O2. The number of hydrogen-bond acceptors (Lipinski definition) is 6. The monoisotopic (exact) mass is 378 g/mol. The Kier molecular flexibility index (Phi) is 4.69. The Hall–Kier alpha value is -2.33. The molecule has 1 aromatic heterocycles.